The first kappa shape index (κ1) is 39.0. The zero-order valence-corrected chi connectivity index (χ0v) is 32.4. The minimum atomic E-state index is -1.13. The molecule has 5 aromatic rings. The molecule has 2 saturated heterocycles. The number of aromatic amines is 1. The fourth-order valence-electron chi connectivity index (χ4n) is 7.90. The van der Waals surface area contributed by atoms with Crippen LogP contribution >= 0.6 is 0 Å². The molecular formula is C43H51FN6O6. The monoisotopic (exact) mass is 766 g/mol. The average molecular weight is 767 g/mol. The van der Waals surface area contributed by atoms with E-state index in [0.29, 0.717) is 60.4 Å². The van der Waals surface area contributed by atoms with E-state index in [1.54, 1.807) is 24.1 Å². The highest BCUT2D eigenvalue weighted by atomic mass is 19.1. The second-order valence-corrected chi connectivity index (χ2v) is 15.0. The Labute approximate surface area is 325 Å². The van der Waals surface area contributed by atoms with Crippen LogP contribution in [0.25, 0.3) is 27.6 Å². The smallest absolute Gasteiger partial charge is 0.332 e. The van der Waals surface area contributed by atoms with Crippen LogP contribution in [0, 0.1) is 12.8 Å². The maximum atomic E-state index is 15.7. The van der Waals surface area contributed by atoms with Gasteiger partial charge in [0.2, 0.25) is 0 Å². The number of aryl methyl sites for hydroxylation is 2. The van der Waals surface area contributed by atoms with Crippen LogP contribution in [0.2, 0.25) is 0 Å². The number of methoxy groups -OCH3 is 1. The molecule has 5 heterocycles. The van der Waals surface area contributed by atoms with Crippen molar-refractivity contribution >= 4 is 10.8 Å². The molecule has 2 atom stereocenters. The first-order valence-corrected chi connectivity index (χ1v) is 19.7. The van der Waals surface area contributed by atoms with Crippen molar-refractivity contribution in [3.63, 3.8) is 0 Å². The largest absolute Gasteiger partial charge is 0.493 e. The lowest BCUT2D eigenvalue weighted by Gasteiger charge is -2.39. The van der Waals surface area contributed by atoms with Gasteiger partial charge in [-0.15, -0.1) is 0 Å². The van der Waals surface area contributed by atoms with Gasteiger partial charge in [-0.1, -0.05) is 25.5 Å². The number of fused-ring (bicyclic) bond motifs is 1. The zero-order valence-electron chi connectivity index (χ0n) is 32.4. The van der Waals surface area contributed by atoms with Crippen LogP contribution in [0.3, 0.4) is 0 Å². The molecule has 56 heavy (non-hydrogen) atoms. The normalized spacial score (nSPS) is 18.3. The number of hydrogen-bond acceptors (Lipinski definition) is 9. The summed E-state index contributed by atoms with van der Waals surface area (Å²) < 4.78 is 37.0. The summed E-state index contributed by atoms with van der Waals surface area (Å²) in [4.78, 5) is 48.1. The molecule has 0 unspecified atom stereocenters. The average Bonchev–Trinajstić information content (AvgIpc) is 3.20. The van der Waals surface area contributed by atoms with Crippen LogP contribution in [0.4, 0.5) is 4.39 Å². The first-order chi connectivity index (χ1) is 27.2. The Morgan fingerprint density at radius 1 is 0.929 bits per heavy atom. The molecule has 0 bridgehead atoms. The molecule has 2 aromatic carbocycles. The number of hydrogen-bond donors (Lipinski definition) is 1. The number of benzene rings is 2. The van der Waals surface area contributed by atoms with E-state index in [0.717, 1.165) is 80.5 Å². The summed E-state index contributed by atoms with van der Waals surface area (Å²) in [5.74, 6) is 2.19. The van der Waals surface area contributed by atoms with E-state index in [1.807, 2.05) is 55.6 Å². The van der Waals surface area contributed by atoms with Crippen molar-refractivity contribution in [3.8, 4) is 34.1 Å². The van der Waals surface area contributed by atoms with Gasteiger partial charge in [0.1, 0.15) is 24.6 Å². The van der Waals surface area contributed by atoms with E-state index in [9.17, 15) is 14.4 Å². The highest BCUT2D eigenvalue weighted by molar-refractivity contribution is 5.95. The molecule has 1 N–H and O–H groups in total. The van der Waals surface area contributed by atoms with Gasteiger partial charge >= 0.3 is 5.69 Å². The van der Waals surface area contributed by atoms with Crippen molar-refractivity contribution in [3.05, 3.63) is 110 Å². The highest BCUT2D eigenvalue weighted by Gasteiger charge is 2.33. The third kappa shape index (κ3) is 8.89. The Kier molecular flexibility index (Phi) is 12.3. The molecule has 0 spiro atoms. The number of aromatic nitrogens is 4. The second-order valence-electron chi connectivity index (χ2n) is 15.0. The van der Waals surface area contributed by atoms with Crippen LogP contribution in [-0.2, 0) is 6.54 Å². The van der Waals surface area contributed by atoms with E-state index in [4.69, 9.17) is 14.2 Å². The number of rotatable bonds is 14. The number of ether oxygens (including phenoxy) is 3. The van der Waals surface area contributed by atoms with E-state index < -0.39 is 23.5 Å². The van der Waals surface area contributed by atoms with Crippen LogP contribution in [0.1, 0.15) is 44.6 Å². The van der Waals surface area contributed by atoms with Gasteiger partial charge in [-0.2, -0.15) is 0 Å². The van der Waals surface area contributed by atoms with Crippen molar-refractivity contribution in [1.29, 1.82) is 0 Å². The topological polar surface area (TPSA) is 124 Å². The Balaban J connectivity index is 0.889. The first-order valence-electron chi connectivity index (χ1n) is 19.7. The van der Waals surface area contributed by atoms with E-state index in [2.05, 4.69) is 26.7 Å². The molecule has 3 aromatic heterocycles. The Morgan fingerprint density at radius 2 is 1.75 bits per heavy atom. The fraction of sp³-hybridized carbons (Fsp3) is 0.442. The maximum absolute atomic E-state index is 15.7. The van der Waals surface area contributed by atoms with Gasteiger partial charge in [0, 0.05) is 75.2 Å². The molecule has 2 aliphatic heterocycles. The molecular weight excluding hydrogens is 716 g/mol. The molecule has 7 rings (SSSR count). The van der Waals surface area contributed by atoms with Gasteiger partial charge in [0.15, 0.2) is 11.5 Å². The van der Waals surface area contributed by atoms with Crippen LogP contribution in [-0.4, -0.2) is 94.2 Å². The summed E-state index contributed by atoms with van der Waals surface area (Å²) in [6.07, 6.45) is 9.55. The maximum Gasteiger partial charge on any atom is 0.332 e. The van der Waals surface area contributed by atoms with Crippen molar-refractivity contribution < 1.29 is 18.6 Å². The molecule has 0 radical (unpaired) electrons. The number of nitrogens with zero attached hydrogens (tertiary/aromatic N) is 5. The van der Waals surface area contributed by atoms with E-state index in [1.165, 1.54) is 16.8 Å². The van der Waals surface area contributed by atoms with E-state index in [-0.39, 0.29) is 5.56 Å². The lowest BCUT2D eigenvalue weighted by atomic mass is 9.94. The molecule has 2 fully saturated rings. The number of H-pyrrole nitrogens is 1. The quantitative estimate of drug-likeness (QED) is 0.154. The molecule has 2 aliphatic rings. The SMILES string of the molecule is CCCCn1cc(-c2ccc(O[C@H]3CCN(CC4CCN(CCOc5ccc(C)c(-n6ccc(=O)[nH]c6=O)c5)CC4)C[C@@H]3F)c(OC)c2)c2ccncc2c1=O. The summed E-state index contributed by atoms with van der Waals surface area (Å²) >= 11 is 0. The van der Waals surface area contributed by atoms with Crippen molar-refractivity contribution in [1.82, 2.24) is 28.9 Å². The Morgan fingerprint density at radius 3 is 2.52 bits per heavy atom. The number of unbranched alkanes of at least 4 members (excludes halogenated alkanes) is 1. The standard InChI is InChI=1S/C43H51FN6O6/c1-4-5-16-49-27-35(33-10-15-45-25-34(33)42(49)52)31-7-9-39(40(23-31)54-3)56-38-13-19-48(28-36(38)44)26-30-11-17-47(18-12-30)21-22-55-32-8-6-29(2)37(24-32)50-20-14-41(51)46-43(50)53/h6-10,14-15,20,23-25,27,30,36,38H,4-5,11-13,16-19,21-22,26,28H2,1-3H3,(H,46,51,53)/t36-,38-/m0/s1. The predicted octanol–water partition coefficient (Wildman–Crippen LogP) is 5.60. The number of piperidine rings is 2. The number of halogens is 1. The lowest BCUT2D eigenvalue weighted by Crippen LogP contribution is -2.49. The van der Waals surface area contributed by atoms with Gasteiger partial charge in [-0.25, -0.2) is 9.18 Å². The minimum absolute atomic E-state index is 0.0503. The van der Waals surface area contributed by atoms with E-state index >= 15 is 4.39 Å². The number of alkyl halides is 1. The van der Waals surface area contributed by atoms with Crippen molar-refractivity contribution in [2.75, 3.05) is 53.0 Å². The van der Waals surface area contributed by atoms with Gasteiger partial charge in [0.25, 0.3) is 11.1 Å². The summed E-state index contributed by atoms with van der Waals surface area (Å²) in [5.41, 5.74) is 2.36. The van der Waals surface area contributed by atoms with Crippen LogP contribution in [0.5, 0.6) is 17.2 Å². The fourth-order valence-corrected chi connectivity index (χ4v) is 7.90. The lowest BCUT2D eigenvalue weighted by molar-refractivity contribution is 0.0109. The predicted molar refractivity (Wildman–Crippen MR) is 215 cm³/mol. The zero-order chi connectivity index (χ0) is 39.2. The van der Waals surface area contributed by atoms with Gasteiger partial charge in [-0.3, -0.25) is 33.9 Å². The molecule has 13 heteroatoms. The third-order valence-corrected chi connectivity index (χ3v) is 11.1. The highest BCUT2D eigenvalue weighted by Crippen LogP contribution is 2.37. The van der Waals surface area contributed by atoms with Crippen LogP contribution in [0.15, 0.2) is 87.7 Å². The van der Waals surface area contributed by atoms with Crippen molar-refractivity contribution in [2.45, 2.75) is 64.8 Å². The van der Waals surface area contributed by atoms with Crippen LogP contribution < -0.4 is 31.0 Å². The molecule has 296 valence electrons. The van der Waals surface area contributed by atoms with Crippen molar-refractivity contribution in [2.24, 2.45) is 5.92 Å². The summed E-state index contributed by atoms with van der Waals surface area (Å²) in [7, 11) is 1.59. The van der Waals surface area contributed by atoms with Gasteiger partial charge < -0.3 is 18.8 Å². The molecule has 0 aliphatic carbocycles. The van der Waals surface area contributed by atoms with Gasteiger partial charge in [-0.05, 0) is 92.4 Å². The number of pyridine rings is 2. The number of likely N-dealkylation sites (tertiary alicyclic amines) is 2. The molecule has 0 saturated carbocycles. The minimum Gasteiger partial charge on any atom is -0.493 e. The number of nitrogens with one attached hydrogen (secondary N) is 1. The summed E-state index contributed by atoms with van der Waals surface area (Å²) in [6, 6.07) is 14.5. The second kappa shape index (κ2) is 17.7. The van der Waals surface area contributed by atoms with Gasteiger partial charge in [0.05, 0.1) is 18.2 Å². The Bertz CT molecular complexity index is 2320. The summed E-state index contributed by atoms with van der Waals surface area (Å²) in [6.45, 7) is 9.83. The summed E-state index contributed by atoms with van der Waals surface area (Å²) in [5, 5.41) is 1.39. The Hall–Kier alpha value is -5.27. The molecule has 0 amide bonds. The third-order valence-electron chi connectivity index (χ3n) is 11.1. The molecule has 12 nitrogen and oxygen atoms in total.